The third-order valence-corrected chi connectivity index (χ3v) is 5.82. The van der Waals surface area contributed by atoms with Gasteiger partial charge in [0.15, 0.2) is 0 Å². The van der Waals surface area contributed by atoms with Crippen molar-refractivity contribution in [1.29, 1.82) is 0 Å². The zero-order valence-corrected chi connectivity index (χ0v) is 15.8. The van der Waals surface area contributed by atoms with Crippen molar-refractivity contribution in [1.82, 2.24) is 5.32 Å². The van der Waals surface area contributed by atoms with E-state index >= 15 is 0 Å². The van der Waals surface area contributed by atoms with Crippen molar-refractivity contribution in [3.8, 4) is 0 Å². The minimum absolute atomic E-state index is 0.0588. The summed E-state index contributed by atoms with van der Waals surface area (Å²) in [6.45, 7) is 6.55. The van der Waals surface area contributed by atoms with Crippen LogP contribution in [-0.2, 0) is 4.79 Å². The molecule has 1 amide bonds. The Hall–Kier alpha value is -1.55. The average molecular weight is 344 g/mol. The molecule has 1 saturated carbocycles. The zero-order chi connectivity index (χ0) is 17.6. The number of amides is 1. The number of anilines is 2. The molecule has 25 heavy (non-hydrogen) atoms. The van der Waals surface area contributed by atoms with Gasteiger partial charge in [0.2, 0.25) is 5.91 Å². The molecule has 2 aliphatic rings. The van der Waals surface area contributed by atoms with Crippen LogP contribution in [0.2, 0.25) is 0 Å². The van der Waals surface area contributed by atoms with Crippen LogP contribution < -0.4 is 15.5 Å². The molecule has 0 unspecified atom stereocenters. The smallest absolute Gasteiger partial charge is 0.241 e. The van der Waals surface area contributed by atoms with Crippen molar-refractivity contribution in [2.45, 2.75) is 70.9 Å². The summed E-state index contributed by atoms with van der Waals surface area (Å²) in [7, 11) is 0. The zero-order valence-electron chi connectivity index (χ0n) is 15.8. The minimum Gasteiger partial charge on any atom is -0.372 e. The molecule has 138 valence electrons. The van der Waals surface area contributed by atoms with E-state index in [0.29, 0.717) is 12.0 Å². The average Bonchev–Trinajstić information content (AvgIpc) is 2.65. The van der Waals surface area contributed by atoms with Crippen LogP contribution in [0.1, 0.15) is 58.8 Å². The van der Waals surface area contributed by atoms with Gasteiger partial charge in [-0.2, -0.15) is 0 Å². The van der Waals surface area contributed by atoms with Crippen molar-refractivity contribution in [3.63, 3.8) is 0 Å². The van der Waals surface area contributed by atoms with Gasteiger partial charge in [0.05, 0.1) is 6.04 Å². The van der Waals surface area contributed by atoms with Crippen molar-refractivity contribution in [2.75, 3.05) is 23.3 Å². The highest BCUT2D eigenvalue weighted by atomic mass is 16.2. The van der Waals surface area contributed by atoms with Gasteiger partial charge in [-0.15, -0.1) is 0 Å². The maximum Gasteiger partial charge on any atom is 0.241 e. The summed E-state index contributed by atoms with van der Waals surface area (Å²) in [6.07, 6.45) is 8.95. The first-order valence-electron chi connectivity index (χ1n) is 10.1. The fourth-order valence-electron chi connectivity index (χ4n) is 4.12. The van der Waals surface area contributed by atoms with Crippen LogP contribution in [0.3, 0.4) is 0 Å². The SMILES string of the molecule is C[C@H](N[C@H]1CCCC[C@H]1C)C(=O)Nc1ccc(N2CCCCC2)cc1. The summed E-state index contributed by atoms with van der Waals surface area (Å²) >= 11 is 0. The van der Waals surface area contributed by atoms with Gasteiger partial charge in [0, 0.05) is 30.5 Å². The highest BCUT2D eigenvalue weighted by molar-refractivity contribution is 5.94. The van der Waals surface area contributed by atoms with E-state index in [1.807, 2.05) is 19.1 Å². The van der Waals surface area contributed by atoms with Crippen LogP contribution in [0.5, 0.6) is 0 Å². The summed E-state index contributed by atoms with van der Waals surface area (Å²) < 4.78 is 0. The molecule has 1 heterocycles. The van der Waals surface area contributed by atoms with Crippen LogP contribution in [0.15, 0.2) is 24.3 Å². The molecule has 1 saturated heterocycles. The molecule has 2 fully saturated rings. The molecule has 0 bridgehead atoms. The van der Waals surface area contributed by atoms with Crippen LogP contribution in [0, 0.1) is 5.92 Å². The quantitative estimate of drug-likeness (QED) is 0.843. The van der Waals surface area contributed by atoms with Crippen LogP contribution in [-0.4, -0.2) is 31.1 Å². The van der Waals surface area contributed by atoms with Gasteiger partial charge < -0.3 is 15.5 Å². The van der Waals surface area contributed by atoms with E-state index in [-0.39, 0.29) is 11.9 Å². The highest BCUT2D eigenvalue weighted by Crippen LogP contribution is 2.24. The minimum atomic E-state index is -0.160. The molecular weight excluding hydrogens is 310 g/mol. The van der Waals surface area contributed by atoms with Crippen molar-refractivity contribution in [3.05, 3.63) is 24.3 Å². The van der Waals surface area contributed by atoms with Crippen LogP contribution in [0.4, 0.5) is 11.4 Å². The normalized spacial score (nSPS) is 25.4. The van der Waals surface area contributed by atoms with Crippen LogP contribution in [0.25, 0.3) is 0 Å². The lowest BCUT2D eigenvalue weighted by Crippen LogP contribution is -2.47. The molecule has 0 aromatic heterocycles. The Morgan fingerprint density at radius 1 is 1.04 bits per heavy atom. The topological polar surface area (TPSA) is 44.4 Å². The lowest BCUT2D eigenvalue weighted by atomic mass is 9.85. The fourth-order valence-corrected chi connectivity index (χ4v) is 4.12. The molecule has 3 atom stereocenters. The Bertz CT molecular complexity index is 551. The lowest BCUT2D eigenvalue weighted by Gasteiger charge is -2.31. The number of rotatable bonds is 5. The van der Waals surface area contributed by atoms with Gasteiger partial charge in [-0.1, -0.05) is 19.8 Å². The number of hydrogen-bond donors (Lipinski definition) is 2. The Morgan fingerprint density at radius 3 is 2.40 bits per heavy atom. The summed E-state index contributed by atoms with van der Waals surface area (Å²) in [6, 6.07) is 8.61. The predicted octanol–water partition coefficient (Wildman–Crippen LogP) is 4.17. The van der Waals surface area contributed by atoms with Gasteiger partial charge in [-0.25, -0.2) is 0 Å². The Labute approximate surface area is 152 Å². The van der Waals surface area contributed by atoms with Crippen molar-refractivity contribution >= 4 is 17.3 Å². The highest BCUT2D eigenvalue weighted by Gasteiger charge is 2.24. The molecule has 2 N–H and O–H groups in total. The molecule has 1 aromatic carbocycles. The molecular formula is C21H33N3O. The maximum absolute atomic E-state index is 12.5. The Kier molecular flexibility index (Phi) is 6.35. The summed E-state index contributed by atoms with van der Waals surface area (Å²) in [5.41, 5.74) is 2.15. The van der Waals surface area contributed by atoms with E-state index in [2.05, 4.69) is 34.6 Å². The molecule has 3 rings (SSSR count). The number of piperidine rings is 1. The Balaban J connectivity index is 1.51. The summed E-state index contributed by atoms with van der Waals surface area (Å²) in [5, 5.41) is 6.59. The first kappa shape index (κ1) is 18.2. The number of hydrogen-bond acceptors (Lipinski definition) is 3. The van der Waals surface area contributed by atoms with Gasteiger partial charge >= 0.3 is 0 Å². The van der Waals surface area contributed by atoms with Gasteiger partial charge in [-0.3, -0.25) is 4.79 Å². The number of nitrogens with one attached hydrogen (secondary N) is 2. The van der Waals surface area contributed by atoms with E-state index in [9.17, 15) is 4.79 Å². The molecule has 0 spiro atoms. The lowest BCUT2D eigenvalue weighted by molar-refractivity contribution is -0.118. The summed E-state index contributed by atoms with van der Waals surface area (Å²) in [5.74, 6) is 0.719. The first-order valence-corrected chi connectivity index (χ1v) is 10.1. The van der Waals surface area contributed by atoms with Crippen LogP contribution >= 0.6 is 0 Å². The third-order valence-electron chi connectivity index (χ3n) is 5.82. The molecule has 1 aliphatic carbocycles. The molecule has 4 nitrogen and oxygen atoms in total. The van der Waals surface area contributed by atoms with E-state index in [4.69, 9.17) is 0 Å². The Morgan fingerprint density at radius 2 is 1.72 bits per heavy atom. The standard InChI is InChI=1S/C21H33N3O/c1-16-8-4-5-9-20(16)22-17(2)21(25)23-18-10-12-19(13-11-18)24-14-6-3-7-15-24/h10-13,16-17,20,22H,3-9,14-15H2,1-2H3,(H,23,25)/t16-,17+,20+/m1/s1. The monoisotopic (exact) mass is 343 g/mol. The number of carbonyl (C=O) groups excluding carboxylic acids is 1. The number of nitrogens with zero attached hydrogens (tertiary/aromatic N) is 1. The van der Waals surface area contributed by atoms with Gasteiger partial charge in [-0.05, 0) is 69.2 Å². The summed E-state index contributed by atoms with van der Waals surface area (Å²) in [4.78, 5) is 14.9. The first-order chi connectivity index (χ1) is 12.1. The van der Waals surface area contributed by atoms with E-state index in [0.717, 1.165) is 18.8 Å². The van der Waals surface area contributed by atoms with E-state index in [1.165, 1.54) is 50.6 Å². The molecule has 0 radical (unpaired) electrons. The molecule has 4 heteroatoms. The second-order valence-corrected chi connectivity index (χ2v) is 7.84. The largest absolute Gasteiger partial charge is 0.372 e. The van der Waals surface area contributed by atoms with E-state index in [1.54, 1.807) is 0 Å². The predicted molar refractivity (Wildman–Crippen MR) is 105 cm³/mol. The van der Waals surface area contributed by atoms with Crippen molar-refractivity contribution in [2.24, 2.45) is 5.92 Å². The molecule has 1 aliphatic heterocycles. The van der Waals surface area contributed by atoms with Gasteiger partial charge in [0.25, 0.3) is 0 Å². The number of carbonyl (C=O) groups is 1. The second-order valence-electron chi connectivity index (χ2n) is 7.84. The fraction of sp³-hybridized carbons (Fsp3) is 0.667. The number of benzene rings is 1. The van der Waals surface area contributed by atoms with Gasteiger partial charge in [0.1, 0.15) is 0 Å². The maximum atomic E-state index is 12.5. The second kappa shape index (κ2) is 8.70. The third kappa shape index (κ3) is 4.97. The molecule has 1 aromatic rings. The van der Waals surface area contributed by atoms with E-state index < -0.39 is 0 Å². The van der Waals surface area contributed by atoms with Crippen molar-refractivity contribution < 1.29 is 4.79 Å².